The van der Waals surface area contributed by atoms with Crippen molar-refractivity contribution in [2.75, 3.05) is 20.8 Å². The molecule has 0 spiro atoms. The van der Waals surface area contributed by atoms with Gasteiger partial charge in [-0.3, -0.25) is 9.59 Å². The highest BCUT2D eigenvalue weighted by atomic mass is 35.5. The highest BCUT2D eigenvalue weighted by Gasteiger charge is 2.21. The summed E-state index contributed by atoms with van der Waals surface area (Å²) in [4.78, 5) is 36.6. The van der Waals surface area contributed by atoms with Gasteiger partial charge in [0.25, 0.3) is 5.91 Å². The molecule has 0 aliphatic heterocycles. The molecule has 2 rings (SSSR count). The second kappa shape index (κ2) is 9.75. The molecule has 148 valence electrons. The fraction of sp³-hybridized carbons (Fsp3) is 0.250. The summed E-state index contributed by atoms with van der Waals surface area (Å²) < 4.78 is 15.3. The molecule has 2 aromatic carbocycles. The summed E-state index contributed by atoms with van der Waals surface area (Å²) in [5.74, 6) is -0.876. The van der Waals surface area contributed by atoms with E-state index in [0.29, 0.717) is 11.5 Å². The molecule has 0 aliphatic carbocycles. The Morgan fingerprint density at radius 1 is 1.04 bits per heavy atom. The molecule has 8 heteroatoms. The van der Waals surface area contributed by atoms with E-state index < -0.39 is 30.3 Å². The number of carbonyl (C=O) groups excluding carboxylic acids is 3. The number of hydrogen-bond acceptors (Lipinski definition) is 6. The first-order chi connectivity index (χ1) is 13.4. The van der Waals surface area contributed by atoms with Crippen molar-refractivity contribution in [1.82, 2.24) is 5.32 Å². The average Bonchev–Trinajstić information content (AvgIpc) is 2.71. The van der Waals surface area contributed by atoms with Gasteiger partial charge < -0.3 is 19.5 Å². The van der Waals surface area contributed by atoms with Crippen molar-refractivity contribution in [2.45, 2.75) is 13.0 Å². The number of Topliss-reactive ketones (excluding diaryl/α,β-unsaturated/α-hetero) is 1. The molecule has 2 aromatic rings. The van der Waals surface area contributed by atoms with E-state index in [9.17, 15) is 14.4 Å². The van der Waals surface area contributed by atoms with Gasteiger partial charge in [-0.15, -0.1) is 0 Å². The first kappa shape index (κ1) is 21.2. The lowest BCUT2D eigenvalue weighted by molar-refractivity contribution is -0.144. The van der Waals surface area contributed by atoms with E-state index in [-0.39, 0.29) is 16.1 Å². The Balaban J connectivity index is 1.95. The largest absolute Gasteiger partial charge is 0.497 e. The standard InChI is InChI=1S/C20H20ClNO6/c1-12(22-19(24)14-6-4-5-7-16(14)21)20(25)28-11-17(23)15-9-8-13(26-2)10-18(15)27-3/h4-10,12H,11H2,1-3H3,(H,22,24)/t12-/m0/s1. The number of esters is 1. The van der Waals surface area contributed by atoms with Crippen LogP contribution in [-0.4, -0.2) is 44.5 Å². The predicted octanol–water partition coefficient (Wildman–Crippen LogP) is 2.90. The van der Waals surface area contributed by atoms with Gasteiger partial charge in [-0.2, -0.15) is 0 Å². The van der Waals surface area contributed by atoms with Gasteiger partial charge in [-0.25, -0.2) is 4.79 Å². The number of halogens is 1. The van der Waals surface area contributed by atoms with E-state index in [0.717, 1.165) is 0 Å². The Kier molecular flexibility index (Phi) is 7.40. The van der Waals surface area contributed by atoms with Crippen LogP contribution >= 0.6 is 11.6 Å². The van der Waals surface area contributed by atoms with Crippen LogP contribution in [0.4, 0.5) is 0 Å². The molecule has 1 atom stereocenters. The normalized spacial score (nSPS) is 11.3. The van der Waals surface area contributed by atoms with Crippen LogP contribution in [0.3, 0.4) is 0 Å². The van der Waals surface area contributed by atoms with E-state index in [1.807, 2.05) is 0 Å². The molecule has 0 aromatic heterocycles. The molecule has 1 N–H and O–H groups in total. The van der Waals surface area contributed by atoms with Crippen LogP contribution in [0.25, 0.3) is 0 Å². The minimum atomic E-state index is -0.964. The summed E-state index contributed by atoms with van der Waals surface area (Å²) in [7, 11) is 2.92. The molecule has 0 aliphatic rings. The molecule has 0 unspecified atom stereocenters. The van der Waals surface area contributed by atoms with Crippen molar-refractivity contribution >= 4 is 29.3 Å². The first-order valence-corrected chi connectivity index (χ1v) is 8.72. The molecule has 28 heavy (non-hydrogen) atoms. The minimum absolute atomic E-state index is 0.239. The third-order valence-corrected chi connectivity index (χ3v) is 4.20. The number of methoxy groups -OCH3 is 2. The Hall–Kier alpha value is -3.06. The molecular weight excluding hydrogens is 386 g/mol. The monoisotopic (exact) mass is 405 g/mol. The maximum absolute atomic E-state index is 12.3. The third kappa shape index (κ3) is 5.23. The summed E-state index contributed by atoms with van der Waals surface area (Å²) in [6.07, 6.45) is 0. The number of carbonyl (C=O) groups is 3. The van der Waals surface area contributed by atoms with Crippen LogP contribution in [0.5, 0.6) is 11.5 Å². The van der Waals surface area contributed by atoms with E-state index in [1.54, 1.807) is 30.3 Å². The molecule has 1 amide bonds. The molecule has 7 nitrogen and oxygen atoms in total. The molecule has 0 bridgehead atoms. The lowest BCUT2D eigenvalue weighted by Crippen LogP contribution is -2.40. The second-order valence-corrected chi connectivity index (χ2v) is 6.18. The summed E-state index contributed by atoms with van der Waals surface area (Å²) in [6, 6.07) is 10.2. The summed E-state index contributed by atoms with van der Waals surface area (Å²) >= 11 is 5.96. The Labute approximate surface area is 167 Å². The van der Waals surface area contributed by atoms with Gasteiger partial charge in [0.2, 0.25) is 5.78 Å². The van der Waals surface area contributed by atoms with Gasteiger partial charge in [0.05, 0.1) is 30.4 Å². The van der Waals surface area contributed by atoms with Crippen molar-refractivity contribution in [3.63, 3.8) is 0 Å². The van der Waals surface area contributed by atoms with Crippen LogP contribution in [-0.2, 0) is 9.53 Å². The average molecular weight is 406 g/mol. The predicted molar refractivity (Wildman–Crippen MR) is 103 cm³/mol. The molecule has 0 fully saturated rings. The molecule has 0 saturated heterocycles. The minimum Gasteiger partial charge on any atom is -0.497 e. The van der Waals surface area contributed by atoms with Gasteiger partial charge in [0, 0.05) is 6.07 Å². The van der Waals surface area contributed by atoms with Crippen molar-refractivity contribution in [3.8, 4) is 11.5 Å². The number of nitrogens with one attached hydrogen (secondary N) is 1. The quantitative estimate of drug-likeness (QED) is 0.536. The van der Waals surface area contributed by atoms with Crippen molar-refractivity contribution in [2.24, 2.45) is 0 Å². The van der Waals surface area contributed by atoms with Crippen molar-refractivity contribution in [3.05, 3.63) is 58.6 Å². The fourth-order valence-corrected chi connectivity index (χ4v) is 2.57. The molecule has 0 heterocycles. The highest BCUT2D eigenvalue weighted by Crippen LogP contribution is 2.25. The van der Waals surface area contributed by atoms with Crippen LogP contribution in [0.2, 0.25) is 5.02 Å². The number of rotatable bonds is 8. The summed E-state index contributed by atoms with van der Waals surface area (Å²) in [5.41, 5.74) is 0.492. The van der Waals surface area contributed by atoms with Gasteiger partial charge in [0.15, 0.2) is 6.61 Å². The van der Waals surface area contributed by atoms with Crippen molar-refractivity contribution < 1.29 is 28.6 Å². The van der Waals surface area contributed by atoms with E-state index in [4.69, 9.17) is 25.8 Å². The zero-order chi connectivity index (χ0) is 20.7. The van der Waals surface area contributed by atoms with Crippen LogP contribution in [0.1, 0.15) is 27.6 Å². The summed E-state index contributed by atoms with van der Waals surface area (Å²) in [6.45, 7) is 0.962. The number of ether oxygens (including phenoxy) is 3. The molecule has 0 radical (unpaired) electrons. The fourth-order valence-electron chi connectivity index (χ4n) is 2.35. The first-order valence-electron chi connectivity index (χ1n) is 8.34. The maximum atomic E-state index is 12.3. The van der Waals surface area contributed by atoms with Gasteiger partial charge in [0.1, 0.15) is 17.5 Å². The lowest BCUT2D eigenvalue weighted by Gasteiger charge is -2.14. The van der Waals surface area contributed by atoms with E-state index >= 15 is 0 Å². The number of amides is 1. The SMILES string of the molecule is COc1ccc(C(=O)COC(=O)[C@H](C)NC(=O)c2ccccc2Cl)c(OC)c1. The zero-order valence-electron chi connectivity index (χ0n) is 15.7. The number of benzene rings is 2. The van der Waals surface area contributed by atoms with Gasteiger partial charge in [-0.1, -0.05) is 23.7 Å². The second-order valence-electron chi connectivity index (χ2n) is 5.77. The number of hydrogen-bond donors (Lipinski definition) is 1. The Bertz CT molecular complexity index is 883. The smallest absolute Gasteiger partial charge is 0.328 e. The number of ketones is 1. The van der Waals surface area contributed by atoms with Gasteiger partial charge >= 0.3 is 5.97 Å². The van der Waals surface area contributed by atoms with Crippen LogP contribution < -0.4 is 14.8 Å². The maximum Gasteiger partial charge on any atom is 0.328 e. The van der Waals surface area contributed by atoms with E-state index in [2.05, 4.69) is 5.32 Å². The third-order valence-electron chi connectivity index (χ3n) is 3.87. The molecule has 0 saturated carbocycles. The topological polar surface area (TPSA) is 90.9 Å². The van der Waals surface area contributed by atoms with E-state index in [1.165, 1.54) is 33.3 Å². The Morgan fingerprint density at radius 2 is 1.75 bits per heavy atom. The lowest BCUT2D eigenvalue weighted by atomic mass is 10.1. The Morgan fingerprint density at radius 3 is 2.39 bits per heavy atom. The summed E-state index contributed by atoms with van der Waals surface area (Å²) in [5, 5.41) is 2.75. The van der Waals surface area contributed by atoms with Crippen LogP contribution in [0.15, 0.2) is 42.5 Å². The van der Waals surface area contributed by atoms with Crippen LogP contribution in [0, 0.1) is 0 Å². The zero-order valence-corrected chi connectivity index (χ0v) is 16.4. The highest BCUT2D eigenvalue weighted by molar-refractivity contribution is 6.33. The van der Waals surface area contributed by atoms with Crippen molar-refractivity contribution in [1.29, 1.82) is 0 Å². The van der Waals surface area contributed by atoms with Gasteiger partial charge in [-0.05, 0) is 31.2 Å². The molecular formula is C20H20ClNO6.